The molecule has 1 N–H and O–H groups in total. The van der Waals surface area contributed by atoms with Crippen LogP contribution in [0.25, 0.3) is 0 Å². The van der Waals surface area contributed by atoms with Crippen LogP contribution >= 0.6 is 0 Å². The molecule has 3 aromatic rings. The van der Waals surface area contributed by atoms with Crippen molar-refractivity contribution >= 4 is 5.91 Å². The predicted octanol–water partition coefficient (Wildman–Crippen LogP) is 5.53. The minimum absolute atomic E-state index is 0.150. The Labute approximate surface area is 212 Å². The van der Waals surface area contributed by atoms with Crippen molar-refractivity contribution < 1.29 is 26.7 Å². The van der Waals surface area contributed by atoms with Crippen LogP contribution in [-0.4, -0.2) is 34.2 Å². The third kappa shape index (κ3) is 5.25. The van der Waals surface area contributed by atoms with Crippen LogP contribution in [0.2, 0.25) is 0 Å². The number of aromatic nitrogens is 2. The fourth-order valence-electron chi connectivity index (χ4n) is 5.33. The van der Waals surface area contributed by atoms with Crippen LogP contribution in [0.4, 0.5) is 22.0 Å². The topological polar surface area (TPSA) is 50.2 Å². The lowest BCUT2D eigenvalue weighted by molar-refractivity contribution is -0.138. The summed E-state index contributed by atoms with van der Waals surface area (Å²) in [5.74, 6) is -2.70. The maximum Gasteiger partial charge on any atom is 0.416 e. The molecule has 1 aromatic heterocycles. The summed E-state index contributed by atoms with van der Waals surface area (Å²) in [7, 11) is 1.55. The van der Waals surface area contributed by atoms with Crippen LogP contribution in [0.5, 0.6) is 0 Å². The molecule has 2 heterocycles. The Bertz CT molecular complexity index is 1250. The van der Waals surface area contributed by atoms with E-state index in [-0.39, 0.29) is 18.7 Å². The molecule has 2 unspecified atom stereocenters. The van der Waals surface area contributed by atoms with Crippen LogP contribution in [0.1, 0.15) is 59.1 Å². The molecule has 0 saturated heterocycles. The summed E-state index contributed by atoms with van der Waals surface area (Å²) in [5.41, 5.74) is 1.64. The van der Waals surface area contributed by atoms with E-state index in [0.29, 0.717) is 31.6 Å². The second-order valence-corrected chi connectivity index (χ2v) is 9.15. The number of benzene rings is 2. The third-order valence-electron chi connectivity index (χ3n) is 7.00. The van der Waals surface area contributed by atoms with Gasteiger partial charge in [-0.2, -0.15) is 18.3 Å². The van der Waals surface area contributed by atoms with Gasteiger partial charge in [-0.25, -0.2) is 8.78 Å². The highest BCUT2D eigenvalue weighted by Gasteiger charge is 2.39. The minimum Gasteiger partial charge on any atom is -0.358 e. The Balaban J connectivity index is 1.76. The first-order valence-electron chi connectivity index (χ1n) is 12.2. The highest BCUT2D eigenvalue weighted by Crippen LogP contribution is 2.41. The molecule has 2 atom stereocenters. The van der Waals surface area contributed by atoms with Crippen LogP contribution in [-0.2, 0) is 30.4 Å². The summed E-state index contributed by atoms with van der Waals surface area (Å²) in [4.78, 5) is 15.1. The molecule has 1 aliphatic rings. The van der Waals surface area contributed by atoms with E-state index in [1.165, 1.54) is 0 Å². The summed E-state index contributed by atoms with van der Waals surface area (Å²) in [6, 6.07) is 8.78. The highest BCUT2D eigenvalue weighted by molar-refractivity contribution is 5.83. The number of fused-ring (bicyclic) bond motifs is 1. The lowest BCUT2D eigenvalue weighted by Gasteiger charge is -2.41. The van der Waals surface area contributed by atoms with Gasteiger partial charge in [0.05, 0.1) is 11.3 Å². The number of nitrogens with zero attached hydrogens (tertiary/aromatic N) is 3. The highest BCUT2D eigenvalue weighted by atomic mass is 19.4. The molecule has 198 valence electrons. The number of aryl methyl sites for hydroxylation is 2. The molecule has 0 radical (unpaired) electrons. The first-order valence-corrected chi connectivity index (χ1v) is 12.2. The van der Waals surface area contributed by atoms with Gasteiger partial charge in [-0.1, -0.05) is 30.3 Å². The lowest BCUT2D eigenvalue weighted by atomic mass is 9.88. The van der Waals surface area contributed by atoms with Crippen LogP contribution in [0.3, 0.4) is 0 Å². The van der Waals surface area contributed by atoms with Crippen molar-refractivity contribution in [3.05, 3.63) is 87.7 Å². The van der Waals surface area contributed by atoms with Crippen molar-refractivity contribution in [1.82, 2.24) is 20.0 Å². The van der Waals surface area contributed by atoms with Gasteiger partial charge in [0.1, 0.15) is 17.7 Å². The third-order valence-corrected chi connectivity index (χ3v) is 7.00. The molecule has 0 spiro atoms. The summed E-state index contributed by atoms with van der Waals surface area (Å²) >= 11 is 0. The Morgan fingerprint density at radius 3 is 2.38 bits per heavy atom. The maximum absolute atomic E-state index is 14.7. The van der Waals surface area contributed by atoms with Crippen molar-refractivity contribution in [3.8, 4) is 0 Å². The SMILES string of the molecule is CCn1nc(C)c2c1CCN(C(C(=O)NC)c1ccccc1)C2CCc1c(F)cc(C(F)(F)F)cc1F. The zero-order chi connectivity index (χ0) is 26.9. The second kappa shape index (κ2) is 10.6. The molecular formula is C27H29F5N4O. The molecule has 0 saturated carbocycles. The molecular weight excluding hydrogens is 491 g/mol. The maximum atomic E-state index is 14.7. The molecule has 0 bridgehead atoms. The van der Waals surface area contributed by atoms with E-state index >= 15 is 0 Å². The zero-order valence-corrected chi connectivity index (χ0v) is 20.9. The number of carbonyl (C=O) groups excluding carboxylic acids is 1. The summed E-state index contributed by atoms with van der Waals surface area (Å²) in [6.07, 6.45) is -4.19. The average Bonchev–Trinajstić information content (AvgIpc) is 3.20. The first-order chi connectivity index (χ1) is 17.6. The van der Waals surface area contributed by atoms with E-state index in [1.54, 1.807) is 7.05 Å². The van der Waals surface area contributed by atoms with Crippen molar-refractivity contribution in [2.75, 3.05) is 13.6 Å². The number of hydrogen-bond donors (Lipinski definition) is 1. The first kappa shape index (κ1) is 26.8. The number of halogens is 5. The quantitative estimate of drug-likeness (QED) is 0.417. The van der Waals surface area contributed by atoms with Crippen LogP contribution < -0.4 is 5.32 Å². The molecule has 2 aromatic carbocycles. The van der Waals surface area contributed by atoms with E-state index in [9.17, 15) is 26.7 Å². The number of amides is 1. The van der Waals surface area contributed by atoms with Crippen molar-refractivity contribution in [1.29, 1.82) is 0 Å². The molecule has 1 amide bonds. The molecule has 5 nitrogen and oxygen atoms in total. The van der Waals surface area contributed by atoms with E-state index in [0.717, 1.165) is 22.5 Å². The zero-order valence-electron chi connectivity index (χ0n) is 20.9. The van der Waals surface area contributed by atoms with Gasteiger partial charge in [0.15, 0.2) is 0 Å². The predicted molar refractivity (Wildman–Crippen MR) is 129 cm³/mol. The van der Waals surface area contributed by atoms with Gasteiger partial charge >= 0.3 is 6.18 Å². The molecule has 4 rings (SSSR count). The second-order valence-electron chi connectivity index (χ2n) is 9.15. The van der Waals surface area contributed by atoms with E-state index in [1.807, 2.05) is 53.8 Å². The Hall–Kier alpha value is -3.27. The van der Waals surface area contributed by atoms with E-state index in [4.69, 9.17) is 0 Å². The van der Waals surface area contributed by atoms with Crippen molar-refractivity contribution in [2.45, 2.75) is 57.9 Å². The molecule has 0 aliphatic carbocycles. The van der Waals surface area contributed by atoms with Gasteiger partial charge < -0.3 is 5.32 Å². The average molecular weight is 521 g/mol. The van der Waals surface area contributed by atoms with Crippen molar-refractivity contribution in [2.24, 2.45) is 0 Å². The number of carbonyl (C=O) groups is 1. The minimum atomic E-state index is -4.85. The van der Waals surface area contributed by atoms with E-state index < -0.39 is 41.0 Å². The summed E-state index contributed by atoms with van der Waals surface area (Å²) in [6.45, 7) is 4.97. The number of rotatable bonds is 7. The normalized spacial score (nSPS) is 16.9. The Morgan fingerprint density at radius 2 is 1.81 bits per heavy atom. The Kier molecular flexibility index (Phi) is 7.68. The monoisotopic (exact) mass is 520 g/mol. The standard InChI is InChI=1S/C27H29F5N4O/c1-4-36-23-12-13-35(25(26(37)33-3)17-8-6-5-7-9-17)22(24(23)16(2)34-36)11-10-19-20(28)14-18(15-21(19)29)27(30,31)32/h5-9,14-15,22,25H,4,10-13H2,1-3H3,(H,33,37). The lowest BCUT2D eigenvalue weighted by Crippen LogP contribution is -2.45. The number of hydrogen-bond acceptors (Lipinski definition) is 3. The number of nitrogens with one attached hydrogen (secondary N) is 1. The largest absolute Gasteiger partial charge is 0.416 e. The fraction of sp³-hybridized carbons (Fsp3) is 0.407. The molecule has 1 aliphatic heterocycles. The molecule has 0 fully saturated rings. The molecule has 37 heavy (non-hydrogen) atoms. The van der Waals surface area contributed by atoms with Crippen LogP contribution in [0, 0.1) is 18.6 Å². The van der Waals surface area contributed by atoms with Gasteiger partial charge in [0, 0.05) is 49.4 Å². The van der Waals surface area contributed by atoms with E-state index in [2.05, 4.69) is 10.4 Å². The van der Waals surface area contributed by atoms with Gasteiger partial charge in [-0.05, 0) is 44.4 Å². The summed E-state index contributed by atoms with van der Waals surface area (Å²) < 4.78 is 70.4. The molecule has 10 heteroatoms. The number of alkyl halides is 3. The van der Waals surface area contributed by atoms with Gasteiger partial charge in [0.2, 0.25) is 5.91 Å². The van der Waals surface area contributed by atoms with Crippen molar-refractivity contribution in [3.63, 3.8) is 0 Å². The van der Waals surface area contributed by atoms with Gasteiger partial charge in [0.25, 0.3) is 0 Å². The van der Waals surface area contributed by atoms with Crippen LogP contribution in [0.15, 0.2) is 42.5 Å². The number of likely N-dealkylation sites (N-methyl/N-ethyl adjacent to an activating group) is 1. The summed E-state index contributed by atoms with van der Waals surface area (Å²) in [5, 5.41) is 7.36. The smallest absolute Gasteiger partial charge is 0.358 e. The fourth-order valence-corrected chi connectivity index (χ4v) is 5.33. The van der Waals surface area contributed by atoms with Gasteiger partial charge in [-0.15, -0.1) is 0 Å². The Morgan fingerprint density at radius 1 is 1.16 bits per heavy atom. The van der Waals surface area contributed by atoms with Gasteiger partial charge in [-0.3, -0.25) is 14.4 Å².